The second-order valence-electron chi connectivity index (χ2n) is 1.17. The average Bonchev–Trinajstić information content (AvgIpc) is 1.69. The van der Waals surface area contributed by atoms with Crippen molar-refractivity contribution < 1.29 is 4.92 Å². The highest BCUT2D eigenvalue weighted by molar-refractivity contribution is 5.04. The molecule has 0 fully saturated rings. The summed E-state index contributed by atoms with van der Waals surface area (Å²) in [5.41, 5.74) is 0.0463. The fourth-order valence-corrected chi connectivity index (χ4v) is 0.298. The van der Waals surface area contributed by atoms with Crippen molar-refractivity contribution in [3.05, 3.63) is 34.5 Å². The van der Waals surface area contributed by atoms with Gasteiger partial charge in [-0.25, -0.2) is 0 Å². The Kier molecular flexibility index (Phi) is 2.54. The largest absolute Gasteiger partial charge is 0.264 e. The lowest BCUT2D eigenvalue weighted by molar-refractivity contribution is -0.419. The maximum absolute atomic E-state index is 9.83. The third-order valence-electron chi connectivity index (χ3n) is 0.716. The molecule has 0 aromatic carbocycles. The quantitative estimate of drug-likeness (QED) is 0.308. The molecule has 0 amide bonds. The number of rotatable bonds is 2. The van der Waals surface area contributed by atoms with Crippen LogP contribution < -0.4 is 0 Å². The van der Waals surface area contributed by atoms with Gasteiger partial charge in [-0.05, 0) is 13.0 Å². The van der Waals surface area contributed by atoms with E-state index < -0.39 is 4.92 Å². The van der Waals surface area contributed by atoms with Crippen molar-refractivity contribution in [2.75, 3.05) is 0 Å². The standard InChI is InChI=1S/C5H7NO2/c1-3-5(4-2)6(7)8/h3-4H,1H2,2H3/b5-4+. The Morgan fingerprint density at radius 2 is 2.38 bits per heavy atom. The summed E-state index contributed by atoms with van der Waals surface area (Å²) in [5.74, 6) is 0. The molecular weight excluding hydrogens is 106 g/mol. The Hall–Kier alpha value is -1.12. The third kappa shape index (κ3) is 1.55. The van der Waals surface area contributed by atoms with E-state index in [4.69, 9.17) is 0 Å². The van der Waals surface area contributed by atoms with Gasteiger partial charge < -0.3 is 0 Å². The van der Waals surface area contributed by atoms with Crippen molar-refractivity contribution in [2.24, 2.45) is 0 Å². The van der Waals surface area contributed by atoms with Gasteiger partial charge in [-0.1, -0.05) is 6.58 Å². The number of hydrogen-bond acceptors (Lipinski definition) is 2. The van der Waals surface area contributed by atoms with E-state index in [-0.39, 0.29) is 5.70 Å². The molecule has 0 rings (SSSR count). The molecule has 0 radical (unpaired) electrons. The van der Waals surface area contributed by atoms with Gasteiger partial charge in [-0.15, -0.1) is 0 Å². The third-order valence-corrected chi connectivity index (χ3v) is 0.716. The fraction of sp³-hybridized carbons (Fsp3) is 0.200. The SMILES string of the molecule is C=C/C(=C\C)[N+](=O)[O-]. The Morgan fingerprint density at radius 3 is 2.38 bits per heavy atom. The monoisotopic (exact) mass is 113 g/mol. The van der Waals surface area contributed by atoms with E-state index in [1.807, 2.05) is 0 Å². The van der Waals surface area contributed by atoms with Crippen molar-refractivity contribution in [2.45, 2.75) is 6.92 Å². The Labute approximate surface area is 47.5 Å². The highest BCUT2D eigenvalue weighted by Gasteiger charge is 1.98. The first-order valence-corrected chi connectivity index (χ1v) is 2.15. The number of nitro groups is 1. The molecule has 0 aromatic rings. The minimum Gasteiger partial charge on any atom is -0.258 e. The molecule has 0 aliphatic heterocycles. The highest BCUT2D eigenvalue weighted by atomic mass is 16.6. The van der Waals surface area contributed by atoms with Crippen molar-refractivity contribution in [3.63, 3.8) is 0 Å². The molecule has 44 valence electrons. The van der Waals surface area contributed by atoms with E-state index in [1.165, 1.54) is 12.2 Å². The van der Waals surface area contributed by atoms with Gasteiger partial charge in [0, 0.05) is 6.08 Å². The van der Waals surface area contributed by atoms with Gasteiger partial charge in [-0.3, -0.25) is 10.1 Å². The number of allylic oxidation sites excluding steroid dienone is 2. The summed E-state index contributed by atoms with van der Waals surface area (Å²) in [4.78, 5) is 9.35. The van der Waals surface area contributed by atoms with E-state index in [9.17, 15) is 10.1 Å². The first-order valence-electron chi connectivity index (χ1n) is 2.15. The van der Waals surface area contributed by atoms with Crippen LogP contribution in [0.5, 0.6) is 0 Å². The van der Waals surface area contributed by atoms with Crippen LogP contribution in [0.25, 0.3) is 0 Å². The van der Waals surface area contributed by atoms with Gasteiger partial charge in [0.25, 0.3) is 5.70 Å². The normalized spacial score (nSPS) is 10.9. The molecule has 0 N–H and O–H groups in total. The second-order valence-corrected chi connectivity index (χ2v) is 1.17. The zero-order valence-corrected chi connectivity index (χ0v) is 4.63. The van der Waals surface area contributed by atoms with E-state index in [0.29, 0.717) is 0 Å². The summed E-state index contributed by atoms with van der Waals surface area (Å²) in [5, 5.41) is 9.83. The van der Waals surface area contributed by atoms with Crippen molar-refractivity contribution in [1.82, 2.24) is 0 Å². The summed E-state index contributed by atoms with van der Waals surface area (Å²) < 4.78 is 0. The topological polar surface area (TPSA) is 43.1 Å². The van der Waals surface area contributed by atoms with Gasteiger partial charge in [0.05, 0.1) is 4.92 Å². The summed E-state index contributed by atoms with van der Waals surface area (Å²) in [6.07, 6.45) is 2.60. The van der Waals surface area contributed by atoms with Crippen LogP contribution in [0.4, 0.5) is 0 Å². The van der Waals surface area contributed by atoms with Gasteiger partial charge in [0.15, 0.2) is 0 Å². The van der Waals surface area contributed by atoms with Crippen LogP contribution in [0.3, 0.4) is 0 Å². The van der Waals surface area contributed by atoms with Crippen LogP contribution in [-0.4, -0.2) is 4.92 Å². The minimum absolute atomic E-state index is 0.0463. The molecule has 0 aliphatic carbocycles. The molecule has 0 aliphatic rings. The van der Waals surface area contributed by atoms with E-state index in [2.05, 4.69) is 6.58 Å². The van der Waals surface area contributed by atoms with E-state index in [0.717, 1.165) is 0 Å². The van der Waals surface area contributed by atoms with Crippen molar-refractivity contribution in [1.29, 1.82) is 0 Å². The molecule has 0 atom stereocenters. The van der Waals surface area contributed by atoms with E-state index >= 15 is 0 Å². The Bertz CT molecular complexity index is 137. The van der Waals surface area contributed by atoms with Crippen LogP contribution in [0.1, 0.15) is 6.92 Å². The second kappa shape index (κ2) is 2.96. The van der Waals surface area contributed by atoms with Gasteiger partial charge in [0.1, 0.15) is 0 Å². The maximum atomic E-state index is 9.83. The van der Waals surface area contributed by atoms with Gasteiger partial charge >= 0.3 is 0 Å². The zero-order valence-electron chi connectivity index (χ0n) is 4.63. The predicted octanol–water partition coefficient (Wildman–Crippen LogP) is 1.35. The van der Waals surface area contributed by atoms with Crippen LogP contribution in [0.2, 0.25) is 0 Å². The summed E-state index contributed by atoms with van der Waals surface area (Å²) >= 11 is 0. The molecule has 0 aromatic heterocycles. The highest BCUT2D eigenvalue weighted by Crippen LogP contribution is 1.93. The van der Waals surface area contributed by atoms with Crippen LogP contribution in [0.15, 0.2) is 24.4 Å². The molecule has 8 heavy (non-hydrogen) atoms. The van der Waals surface area contributed by atoms with Crippen LogP contribution in [-0.2, 0) is 0 Å². The Morgan fingerprint density at radius 1 is 1.88 bits per heavy atom. The molecule has 0 spiro atoms. The summed E-state index contributed by atoms with van der Waals surface area (Å²) in [7, 11) is 0. The number of hydrogen-bond donors (Lipinski definition) is 0. The fourth-order valence-electron chi connectivity index (χ4n) is 0.298. The molecule has 3 heteroatoms. The molecule has 0 heterocycles. The lowest BCUT2D eigenvalue weighted by atomic mass is 10.4. The molecular formula is C5H7NO2. The summed E-state index contributed by atoms with van der Waals surface area (Å²) in [6, 6.07) is 0. The molecule has 0 saturated heterocycles. The first kappa shape index (κ1) is 6.88. The maximum Gasteiger partial charge on any atom is 0.264 e. The predicted molar refractivity (Wildman–Crippen MR) is 30.9 cm³/mol. The van der Waals surface area contributed by atoms with Crippen LogP contribution >= 0.6 is 0 Å². The lowest BCUT2D eigenvalue weighted by Gasteiger charge is -1.83. The first-order chi connectivity index (χ1) is 3.72. The zero-order chi connectivity index (χ0) is 6.57. The minimum atomic E-state index is -0.479. The van der Waals surface area contributed by atoms with Crippen LogP contribution in [0, 0.1) is 10.1 Å². The molecule has 0 unspecified atom stereocenters. The van der Waals surface area contributed by atoms with Gasteiger partial charge in [-0.2, -0.15) is 0 Å². The molecule has 3 nitrogen and oxygen atoms in total. The molecule has 0 saturated carbocycles. The lowest BCUT2D eigenvalue weighted by Crippen LogP contribution is -1.92. The Balaban J connectivity index is 4.13. The van der Waals surface area contributed by atoms with Gasteiger partial charge in [0.2, 0.25) is 0 Å². The average molecular weight is 113 g/mol. The number of nitrogens with zero attached hydrogens (tertiary/aromatic N) is 1. The molecule has 0 bridgehead atoms. The van der Waals surface area contributed by atoms with E-state index in [1.54, 1.807) is 6.92 Å². The van der Waals surface area contributed by atoms with Crippen molar-refractivity contribution >= 4 is 0 Å². The van der Waals surface area contributed by atoms with Crippen molar-refractivity contribution in [3.8, 4) is 0 Å². The summed E-state index contributed by atoms with van der Waals surface area (Å²) in [6.45, 7) is 4.84. The smallest absolute Gasteiger partial charge is 0.258 e.